The summed E-state index contributed by atoms with van der Waals surface area (Å²) in [6.45, 7) is 2.03. The predicted molar refractivity (Wildman–Crippen MR) is 107 cm³/mol. The fourth-order valence-electron chi connectivity index (χ4n) is 2.91. The second-order valence-electron chi connectivity index (χ2n) is 6.19. The van der Waals surface area contributed by atoms with Crippen molar-refractivity contribution in [2.24, 2.45) is 0 Å². The van der Waals surface area contributed by atoms with E-state index in [1.165, 1.54) is 0 Å². The van der Waals surface area contributed by atoms with E-state index in [9.17, 15) is 14.7 Å². The Bertz CT molecular complexity index is 898. The molecule has 0 bridgehead atoms. The summed E-state index contributed by atoms with van der Waals surface area (Å²) in [5, 5.41) is 14.1. The van der Waals surface area contributed by atoms with Crippen molar-refractivity contribution in [3.63, 3.8) is 0 Å². The van der Waals surface area contributed by atoms with Gasteiger partial charge < -0.3 is 15.2 Å². The van der Waals surface area contributed by atoms with Crippen molar-refractivity contribution < 1.29 is 19.4 Å². The number of carbonyl (C=O) groups excluding carboxylic acids is 2. The number of nitrogens with one attached hydrogen (secondary N) is 1. The van der Waals surface area contributed by atoms with Gasteiger partial charge in [0.1, 0.15) is 0 Å². The average molecular weight is 375 g/mol. The molecular formula is C23H21NO4. The van der Waals surface area contributed by atoms with E-state index in [1.54, 1.807) is 79.7 Å². The molecule has 28 heavy (non-hydrogen) atoms. The van der Waals surface area contributed by atoms with Gasteiger partial charge in [-0.2, -0.15) is 0 Å². The molecular weight excluding hydrogens is 354 g/mol. The molecule has 5 heteroatoms. The third-order valence-corrected chi connectivity index (χ3v) is 4.37. The van der Waals surface area contributed by atoms with Gasteiger partial charge in [0.05, 0.1) is 12.2 Å². The summed E-state index contributed by atoms with van der Waals surface area (Å²) in [7, 11) is 0. The molecule has 2 N–H and O–H groups in total. The van der Waals surface area contributed by atoms with Crippen molar-refractivity contribution in [2.45, 2.75) is 12.5 Å². The number of anilines is 1. The molecule has 0 aromatic heterocycles. The Kier molecular flexibility index (Phi) is 5.87. The zero-order chi connectivity index (χ0) is 20.0. The fraction of sp³-hybridized carbons (Fsp3) is 0.130. The molecule has 3 aromatic rings. The van der Waals surface area contributed by atoms with Gasteiger partial charge in [-0.3, -0.25) is 4.79 Å². The van der Waals surface area contributed by atoms with E-state index in [2.05, 4.69) is 5.32 Å². The highest BCUT2D eigenvalue weighted by Crippen LogP contribution is 2.31. The molecule has 0 saturated carbocycles. The molecule has 1 amide bonds. The molecule has 3 rings (SSSR count). The minimum Gasteiger partial charge on any atom is -0.462 e. The molecule has 0 unspecified atom stereocenters. The van der Waals surface area contributed by atoms with Gasteiger partial charge in [-0.25, -0.2) is 4.79 Å². The third-order valence-electron chi connectivity index (χ3n) is 4.37. The van der Waals surface area contributed by atoms with Crippen molar-refractivity contribution >= 4 is 17.6 Å². The number of amides is 1. The van der Waals surface area contributed by atoms with E-state index < -0.39 is 17.5 Å². The van der Waals surface area contributed by atoms with Crippen LogP contribution in [0.2, 0.25) is 0 Å². The first-order valence-electron chi connectivity index (χ1n) is 8.97. The Labute approximate surface area is 163 Å². The quantitative estimate of drug-likeness (QED) is 0.644. The Hall–Kier alpha value is -3.44. The molecule has 0 heterocycles. The first-order chi connectivity index (χ1) is 13.6. The summed E-state index contributed by atoms with van der Waals surface area (Å²) in [6.07, 6.45) is 0. The first kappa shape index (κ1) is 19.3. The number of hydrogen-bond acceptors (Lipinski definition) is 4. The summed E-state index contributed by atoms with van der Waals surface area (Å²) < 4.78 is 4.95. The number of aliphatic hydroxyl groups is 1. The van der Waals surface area contributed by atoms with Gasteiger partial charge in [-0.05, 0) is 42.3 Å². The number of carbonyl (C=O) groups is 2. The minimum absolute atomic E-state index is 0.290. The lowest BCUT2D eigenvalue weighted by Crippen LogP contribution is -2.41. The molecule has 0 spiro atoms. The van der Waals surface area contributed by atoms with Crippen LogP contribution in [0.3, 0.4) is 0 Å². The van der Waals surface area contributed by atoms with Crippen LogP contribution in [0, 0.1) is 0 Å². The van der Waals surface area contributed by atoms with Gasteiger partial charge in [-0.1, -0.05) is 60.7 Å². The zero-order valence-corrected chi connectivity index (χ0v) is 15.5. The topological polar surface area (TPSA) is 75.6 Å². The van der Waals surface area contributed by atoms with Crippen molar-refractivity contribution in [3.8, 4) is 0 Å². The molecule has 5 nitrogen and oxygen atoms in total. The van der Waals surface area contributed by atoms with Crippen molar-refractivity contribution in [1.82, 2.24) is 0 Å². The maximum Gasteiger partial charge on any atom is 0.338 e. The van der Waals surface area contributed by atoms with Crippen LogP contribution >= 0.6 is 0 Å². The van der Waals surface area contributed by atoms with Gasteiger partial charge in [-0.15, -0.1) is 0 Å². The Morgan fingerprint density at radius 3 is 1.82 bits per heavy atom. The van der Waals surface area contributed by atoms with Gasteiger partial charge in [0.15, 0.2) is 5.60 Å². The van der Waals surface area contributed by atoms with Gasteiger partial charge in [0.2, 0.25) is 0 Å². The van der Waals surface area contributed by atoms with Crippen molar-refractivity contribution in [1.29, 1.82) is 0 Å². The lowest BCUT2D eigenvalue weighted by Gasteiger charge is -2.28. The standard InChI is InChI=1S/C23H21NO4/c1-2-28-21(25)17-13-15-20(16-14-17)24-22(26)23(27,18-9-5-3-6-10-18)19-11-7-4-8-12-19/h3-16,27H,2H2,1H3,(H,24,26). The summed E-state index contributed by atoms with van der Waals surface area (Å²) in [5.41, 5.74) is -0.0873. The Balaban J connectivity index is 1.90. The van der Waals surface area contributed by atoms with Crippen LogP contribution in [0.15, 0.2) is 84.9 Å². The molecule has 0 atom stereocenters. The predicted octanol–water partition coefficient (Wildman–Crippen LogP) is 3.74. The Morgan fingerprint density at radius 2 is 1.36 bits per heavy atom. The lowest BCUT2D eigenvalue weighted by atomic mass is 9.85. The van der Waals surface area contributed by atoms with E-state index >= 15 is 0 Å². The van der Waals surface area contributed by atoms with E-state index in [0.29, 0.717) is 29.0 Å². The highest BCUT2D eigenvalue weighted by Gasteiger charge is 2.39. The van der Waals surface area contributed by atoms with E-state index in [1.807, 2.05) is 12.1 Å². The van der Waals surface area contributed by atoms with Gasteiger partial charge in [0, 0.05) is 5.69 Å². The molecule has 0 radical (unpaired) electrons. The number of hydrogen-bond donors (Lipinski definition) is 2. The molecule has 0 saturated heterocycles. The maximum absolute atomic E-state index is 13.1. The second kappa shape index (κ2) is 8.50. The largest absolute Gasteiger partial charge is 0.462 e. The number of esters is 1. The second-order valence-corrected chi connectivity index (χ2v) is 6.19. The molecule has 0 aliphatic carbocycles. The smallest absolute Gasteiger partial charge is 0.338 e. The van der Waals surface area contributed by atoms with Crippen LogP contribution in [0.25, 0.3) is 0 Å². The molecule has 0 fully saturated rings. The van der Waals surface area contributed by atoms with Crippen LogP contribution in [0.5, 0.6) is 0 Å². The third kappa shape index (κ3) is 3.94. The fourth-order valence-corrected chi connectivity index (χ4v) is 2.91. The normalized spacial score (nSPS) is 10.9. The molecule has 0 aliphatic rings. The van der Waals surface area contributed by atoms with Crippen LogP contribution in [-0.4, -0.2) is 23.6 Å². The van der Waals surface area contributed by atoms with Crippen LogP contribution in [-0.2, 0) is 15.1 Å². The SMILES string of the molecule is CCOC(=O)c1ccc(NC(=O)C(O)(c2ccccc2)c2ccccc2)cc1. The molecule has 0 aliphatic heterocycles. The van der Waals surface area contributed by atoms with E-state index in [-0.39, 0.29) is 0 Å². The van der Waals surface area contributed by atoms with Crippen LogP contribution in [0.4, 0.5) is 5.69 Å². The van der Waals surface area contributed by atoms with Crippen LogP contribution < -0.4 is 5.32 Å². The van der Waals surface area contributed by atoms with E-state index in [0.717, 1.165) is 0 Å². The first-order valence-corrected chi connectivity index (χ1v) is 8.97. The number of ether oxygens (including phenoxy) is 1. The van der Waals surface area contributed by atoms with Crippen molar-refractivity contribution in [3.05, 3.63) is 102 Å². The maximum atomic E-state index is 13.1. The molecule has 3 aromatic carbocycles. The summed E-state index contributed by atoms with van der Waals surface area (Å²) in [5.74, 6) is -1.01. The summed E-state index contributed by atoms with van der Waals surface area (Å²) in [6, 6.07) is 23.9. The monoisotopic (exact) mass is 375 g/mol. The molecule has 142 valence electrons. The average Bonchev–Trinajstić information content (AvgIpc) is 2.75. The highest BCUT2D eigenvalue weighted by atomic mass is 16.5. The highest BCUT2D eigenvalue weighted by molar-refractivity contribution is 6.00. The summed E-state index contributed by atoms with van der Waals surface area (Å²) in [4.78, 5) is 24.9. The van der Waals surface area contributed by atoms with Gasteiger partial charge in [0.25, 0.3) is 5.91 Å². The lowest BCUT2D eigenvalue weighted by molar-refractivity contribution is -0.131. The number of rotatable bonds is 6. The van der Waals surface area contributed by atoms with Gasteiger partial charge >= 0.3 is 5.97 Å². The Morgan fingerprint density at radius 1 is 0.857 bits per heavy atom. The number of benzene rings is 3. The minimum atomic E-state index is -1.86. The van der Waals surface area contributed by atoms with Crippen LogP contribution in [0.1, 0.15) is 28.4 Å². The summed E-state index contributed by atoms with van der Waals surface area (Å²) >= 11 is 0. The zero-order valence-electron chi connectivity index (χ0n) is 15.5. The van der Waals surface area contributed by atoms with Crippen molar-refractivity contribution in [2.75, 3.05) is 11.9 Å². The van der Waals surface area contributed by atoms with E-state index in [4.69, 9.17) is 4.74 Å².